The van der Waals surface area contributed by atoms with Gasteiger partial charge in [-0.1, -0.05) is 17.3 Å². The van der Waals surface area contributed by atoms with Crippen molar-refractivity contribution in [3.8, 4) is 11.3 Å². The molecule has 1 aliphatic heterocycles. The number of para-hydroxylation sites is 1. The van der Waals surface area contributed by atoms with Crippen LogP contribution in [0.5, 0.6) is 0 Å². The number of esters is 1. The minimum Gasteiger partial charge on any atom is -0.465 e. The Balaban J connectivity index is 1.41. The lowest BCUT2D eigenvalue weighted by atomic mass is 9.96. The maximum absolute atomic E-state index is 13.4. The van der Waals surface area contributed by atoms with Crippen LogP contribution in [0.4, 0.5) is 15.9 Å². The number of anilines is 2. The third kappa shape index (κ3) is 4.42. The smallest absolute Gasteiger partial charge is 0.339 e. The Labute approximate surface area is 199 Å². The molecule has 3 heterocycles. The first-order valence-corrected chi connectivity index (χ1v) is 11.1. The average Bonchev–Trinajstić information content (AvgIpc) is 3.33. The minimum absolute atomic E-state index is 0.194. The molecule has 35 heavy (non-hydrogen) atoms. The van der Waals surface area contributed by atoms with Crippen LogP contribution in [0.25, 0.3) is 22.4 Å². The Morgan fingerprint density at radius 2 is 1.94 bits per heavy atom. The fraction of sp³-hybridized carbons (Fsp3) is 0.240. The molecule has 1 N–H and O–H groups in total. The van der Waals surface area contributed by atoms with Gasteiger partial charge in [0, 0.05) is 18.7 Å². The molecule has 1 amide bonds. The summed E-state index contributed by atoms with van der Waals surface area (Å²) in [5, 5.41) is 7.63. The highest BCUT2D eigenvalue weighted by Gasteiger charge is 2.30. The van der Waals surface area contributed by atoms with Gasteiger partial charge in [0.25, 0.3) is 5.71 Å². The molecule has 0 saturated carbocycles. The van der Waals surface area contributed by atoms with Gasteiger partial charge in [0.1, 0.15) is 29.0 Å². The first-order valence-electron chi connectivity index (χ1n) is 11.1. The lowest BCUT2D eigenvalue weighted by molar-refractivity contribution is -0.120. The molecule has 10 heteroatoms. The number of aromatic nitrogens is 3. The SMILES string of the molecule is COC(=O)c1ccccc1NC(=O)[C@H]1CCCN(c2ncnc3onc(-c4ccc(F)cc4)c23)C1. The summed E-state index contributed by atoms with van der Waals surface area (Å²) in [6.45, 7) is 1.09. The van der Waals surface area contributed by atoms with Crippen LogP contribution in [0.3, 0.4) is 0 Å². The number of benzene rings is 2. The largest absolute Gasteiger partial charge is 0.465 e. The van der Waals surface area contributed by atoms with Crippen molar-refractivity contribution in [3.05, 3.63) is 66.2 Å². The Morgan fingerprint density at radius 1 is 1.14 bits per heavy atom. The number of methoxy groups -OCH3 is 1. The van der Waals surface area contributed by atoms with Crippen LogP contribution in [0.1, 0.15) is 23.2 Å². The predicted molar refractivity (Wildman–Crippen MR) is 126 cm³/mol. The van der Waals surface area contributed by atoms with E-state index in [4.69, 9.17) is 9.26 Å². The summed E-state index contributed by atoms with van der Waals surface area (Å²) in [7, 11) is 1.30. The summed E-state index contributed by atoms with van der Waals surface area (Å²) in [6.07, 6.45) is 2.85. The van der Waals surface area contributed by atoms with Crippen LogP contribution in [0, 0.1) is 11.7 Å². The van der Waals surface area contributed by atoms with Crippen molar-refractivity contribution in [1.82, 2.24) is 15.1 Å². The van der Waals surface area contributed by atoms with E-state index in [1.807, 2.05) is 4.90 Å². The van der Waals surface area contributed by atoms with E-state index in [0.29, 0.717) is 58.9 Å². The number of ether oxygens (including phenoxy) is 1. The summed E-state index contributed by atoms with van der Waals surface area (Å²) in [5.41, 5.74) is 2.19. The van der Waals surface area contributed by atoms with Gasteiger partial charge in [-0.15, -0.1) is 0 Å². The van der Waals surface area contributed by atoms with Crippen molar-refractivity contribution in [2.24, 2.45) is 5.92 Å². The van der Waals surface area contributed by atoms with Gasteiger partial charge in [0.05, 0.1) is 24.3 Å². The molecule has 1 saturated heterocycles. The molecule has 0 unspecified atom stereocenters. The van der Waals surface area contributed by atoms with Gasteiger partial charge in [-0.05, 0) is 49.2 Å². The van der Waals surface area contributed by atoms with Gasteiger partial charge in [-0.2, -0.15) is 4.98 Å². The molecule has 4 aromatic rings. The number of piperidine rings is 1. The van der Waals surface area contributed by atoms with E-state index in [9.17, 15) is 14.0 Å². The van der Waals surface area contributed by atoms with Crippen molar-refractivity contribution >= 4 is 34.5 Å². The molecule has 9 nitrogen and oxygen atoms in total. The Hall–Kier alpha value is -4.34. The van der Waals surface area contributed by atoms with Gasteiger partial charge in [-0.25, -0.2) is 14.2 Å². The van der Waals surface area contributed by atoms with E-state index in [2.05, 4.69) is 20.4 Å². The minimum atomic E-state index is -0.518. The highest BCUT2D eigenvalue weighted by molar-refractivity contribution is 6.02. The molecule has 178 valence electrons. The number of carbonyl (C=O) groups excluding carboxylic acids is 2. The number of halogens is 1. The summed E-state index contributed by atoms with van der Waals surface area (Å²) in [4.78, 5) is 35.9. The van der Waals surface area contributed by atoms with Gasteiger partial charge >= 0.3 is 5.97 Å². The van der Waals surface area contributed by atoms with Crippen molar-refractivity contribution in [3.63, 3.8) is 0 Å². The zero-order chi connectivity index (χ0) is 24.4. The second kappa shape index (κ2) is 9.49. The van der Waals surface area contributed by atoms with Gasteiger partial charge in [0.2, 0.25) is 5.91 Å². The van der Waals surface area contributed by atoms with Crippen molar-refractivity contribution in [2.45, 2.75) is 12.8 Å². The van der Waals surface area contributed by atoms with E-state index in [1.165, 1.54) is 25.6 Å². The summed E-state index contributed by atoms with van der Waals surface area (Å²) >= 11 is 0. The van der Waals surface area contributed by atoms with Gasteiger partial charge < -0.3 is 19.5 Å². The Morgan fingerprint density at radius 3 is 2.74 bits per heavy atom. The van der Waals surface area contributed by atoms with E-state index >= 15 is 0 Å². The fourth-order valence-electron chi connectivity index (χ4n) is 4.31. The molecule has 1 fully saturated rings. The zero-order valence-corrected chi connectivity index (χ0v) is 18.9. The van der Waals surface area contributed by atoms with Crippen LogP contribution >= 0.6 is 0 Å². The van der Waals surface area contributed by atoms with E-state index < -0.39 is 5.97 Å². The summed E-state index contributed by atoms with van der Waals surface area (Å²) in [6, 6.07) is 12.7. The van der Waals surface area contributed by atoms with E-state index in [1.54, 1.807) is 36.4 Å². The molecule has 1 atom stereocenters. The Kier molecular flexibility index (Phi) is 6.09. The number of fused-ring (bicyclic) bond motifs is 1. The number of nitrogens with zero attached hydrogens (tertiary/aromatic N) is 4. The lowest BCUT2D eigenvalue weighted by Gasteiger charge is -2.33. The molecular formula is C25H22FN5O4. The number of amides is 1. The van der Waals surface area contributed by atoms with Crippen LogP contribution in [0.15, 0.2) is 59.4 Å². The lowest BCUT2D eigenvalue weighted by Crippen LogP contribution is -2.41. The number of rotatable bonds is 5. The highest BCUT2D eigenvalue weighted by atomic mass is 19.1. The summed E-state index contributed by atoms with van der Waals surface area (Å²) < 4.78 is 23.7. The Bertz CT molecular complexity index is 1390. The second-order valence-corrected chi connectivity index (χ2v) is 8.23. The number of hydrogen-bond donors (Lipinski definition) is 1. The van der Waals surface area contributed by atoms with Crippen LogP contribution in [-0.2, 0) is 9.53 Å². The third-order valence-corrected chi connectivity index (χ3v) is 6.05. The molecule has 2 aromatic carbocycles. The highest BCUT2D eigenvalue weighted by Crippen LogP contribution is 2.35. The van der Waals surface area contributed by atoms with Crippen molar-refractivity contribution < 1.29 is 23.2 Å². The molecular weight excluding hydrogens is 453 g/mol. The molecule has 0 spiro atoms. The fourth-order valence-corrected chi connectivity index (χ4v) is 4.31. The van der Waals surface area contributed by atoms with Crippen LogP contribution < -0.4 is 10.2 Å². The third-order valence-electron chi connectivity index (χ3n) is 6.05. The maximum atomic E-state index is 13.4. The molecule has 0 bridgehead atoms. The first-order chi connectivity index (χ1) is 17.0. The molecule has 0 aliphatic carbocycles. The topological polar surface area (TPSA) is 110 Å². The van der Waals surface area contributed by atoms with Crippen LogP contribution in [0.2, 0.25) is 0 Å². The molecule has 0 radical (unpaired) electrons. The normalized spacial score (nSPS) is 15.7. The molecule has 5 rings (SSSR count). The monoisotopic (exact) mass is 475 g/mol. The average molecular weight is 475 g/mol. The quantitative estimate of drug-likeness (QED) is 0.430. The standard InChI is InChI=1S/C25H22FN5O4/c1-34-25(33)18-6-2-3-7-19(18)29-23(32)16-5-4-12-31(13-16)22-20-21(15-8-10-17(26)11-9-15)30-35-24(20)28-14-27-22/h2-3,6-11,14,16H,4-5,12-13H2,1H3,(H,29,32)/t16-/m0/s1. The second-order valence-electron chi connectivity index (χ2n) is 8.23. The zero-order valence-electron chi connectivity index (χ0n) is 18.9. The van der Waals surface area contributed by atoms with Gasteiger partial charge in [-0.3, -0.25) is 4.79 Å². The van der Waals surface area contributed by atoms with E-state index in [-0.39, 0.29) is 17.6 Å². The van der Waals surface area contributed by atoms with Crippen molar-refractivity contribution in [2.75, 3.05) is 30.4 Å². The number of hydrogen-bond acceptors (Lipinski definition) is 8. The molecule has 1 aliphatic rings. The van der Waals surface area contributed by atoms with Crippen molar-refractivity contribution in [1.29, 1.82) is 0 Å². The molecule has 2 aromatic heterocycles. The first kappa shape index (κ1) is 22.5. The van der Waals surface area contributed by atoms with Gasteiger partial charge in [0.15, 0.2) is 0 Å². The summed E-state index contributed by atoms with van der Waals surface area (Å²) in [5.74, 6) is -0.802. The number of carbonyl (C=O) groups is 2. The van der Waals surface area contributed by atoms with E-state index in [0.717, 1.165) is 6.42 Å². The predicted octanol–water partition coefficient (Wildman–Crippen LogP) is 4.07. The van der Waals surface area contributed by atoms with Crippen LogP contribution in [-0.4, -0.2) is 47.2 Å². The maximum Gasteiger partial charge on any atom is 0.339 e. The number of nitrogens with one attached hydrogen (secondary N) is 1.